The lowest BCUT2D eigenvalue weighted by molar-refractivity contribution is 0.285. The molecule has 0 N–H and O–H groups in total. The van der Waals surface area contributed by atoms with E-state index in [9.17, 15) is 10.5 Å². The van der Waals surface area contributed by atoms with Crippen LogP contribution in [0.3, 0.4) is 0 Å². The summed E-state index contributed by atoms with van der Waals surface area (Å²) >= 11 is 5.40. The maximum atomic E-state index is 9.32. The molecular formula is C17H21N3OS. The molecule has 1 aliphatic carbocycles. The van der Waals surface area contributed by atoms with Crippen LogP contribution in [-0.4, -0.2) is 30.1 Å². The minimum Gasteiger partial charge on any atom is -0.486 e. The molecule has 0 aromatic rings. The standard InChI is InChI=1S/C17H21N3OS/c1-17(2)8-13(12(10-18)11-19)15(16(22)21-3)14(9-17)20-6-4-5-7-20/h4-9H2,1-3H3. The second-order valence-electron chi connectivity index (χ2n) is 6.60. The average Bonchev–Trinajstić information content (AvgIpc) is 3.00. The van der Waals surface area contributed by atoms with E-state index in [1.54, 1.807) is 7.11 Å². The van der Waals surface area contributed by atoms with Gasteiger partial charge in [0.25, 0.3) is 0 Å². The molecule has 0 unspecified atom stereocenters. The Labute approximate surface area is 137 Å². The van der Waals surface area contributed by atoms with Gasteiger partial charge >= 0.3 is 0 Å². The van der Waals surface area contributed by atoms with E-state index in [2.05, 4.69) is 18.7 Å². The van der Waals surface area contributed by atoms with Crippen molar-refractivity contribution in [1.82, 2.24) is 4.90 Å². The van der Waals surface area contributed by atoms with Gasteiger partial charge in [0.15, 0.2) is 5.05 Å². The summed E-state index contributed by atoms with van der Waals surface area (Å²) in [5, 5.41) is 19.0. The van der Waals surface area contributed by atoms with Gasteiger partial charge in [-0.1, -0.05) is 13.8 Å². The van der Waals surface area contributed by atoms with E-state index in [4.69, 9.17) is 17.0 Å². The topological polar surface area (TPSA) is 60.0 Å². The number of nitriles is 2. The quantitative estimate of drug-likeness (QED) is 0.577. The van der Waals surface area contributed by atoms with Crippen molar-refractivity contribution in [3.8, 4) is 12.1 Å². The molecule has 2 rings (SSSR count). The Bertz CT molecular complexity index is 609. The fraction of sp³-hybridized carbons (Fsp3) is 0.588. The summed E-state index contributed by atoms with van der Waals surface area (Å²) in [6.45, 7) is 6.34. The maximum Gasteiger partial charge on any atom is 0.192 e. The molecule has 1 heterocycles. The number of hydrogen-bond donors (Lipinski definition) is 0. The van der Waals surface area contributed by atoms with Crippen LogP contribution in [0.4, 0.5) is 0 Å². The van der Waals surface area contributed by atoms with Gasteiger partial charge < -0.3 is 9.64 Å². The second-order valence-corrected chi connectivity index (χ2v) is 6.97. The first kappa shape index (κ1) is 16.5. The van der Waals surface area contributed by atoms with Gasteiger partial charge in [0.05, 0.1) is 12.7 Å². The molecule has 4 nitrogen and oxygen atoms in total. The Morgan fingerprint density at radius 1 is 1.18 bits per heavy atom. The monoisotopic (exact) mass is 315 g/mol. The summed E-state index contributed by atoms with van der Waals surface area (Å²) in [5.41, 5.74) is 2.84. The van der Waals surface area contributed by atoms with Crippen molar-refractivity contribution >= 4 is 17.3 Å². The molecule has 0 amide bonds. The first-order chi connectivity index (χ1) is 10.4. The maximum absolute atomic E-state index is 9.32. The third-order valence-corrected chi connectivity index (χ3v) is 4.67. The number of ether oxygens (including phenoxy) is 1. The predicted octanol–water partition coefficient (Wildman–Crippen LogP) is 3.47. The van der Waals surface area contributed by atoms with E-state index in [1.165, 1.54) is 12.8 Å². The van der Waals surface area contributed by atoms with Crippen LogP contribution in [0.25, 0.3) is 0 Å². The lowest BCUT2D eigenvalue weighted by atomic mass is 9.72. The molecule has 0 radical (unpaired) electrons. The lowest BCUT2D eigenvalue weighted by Gasteiger charge is -2.38. The van der Waals surface area contributed by atoms with Crippen molar-refractivity contribution in [2.75, 3.05) is 20.2 Å². The van der Waals surface area contributed by atoms with Crippen molar-refractivity contribution < 1.29 is 4.74 Å². The number of hydrogen-bond acceptors (Lipinski definition) is 5. The number of thiocarbonyl (C=S) groups is 1. The van der Waals surface area contributed by atoms with E-state index < -0.39 is 0 Å². The molecule has 22 heavy (non-hydrogen) atoms. The van der Waals surface area contributed by atoms with Gasteiger partial charge in [0.2, 0.25) is 0 Å². The van der Waals surface area contributed by atoms with E-state index >= 15 is 0 Å². The van der Waals surface area contributed by atoms with E-state index in [0.717, 1.165) is 36.4 Å². The first-order valence-corrected chi connectivity index (χ1v) is 7.94. The molecule has 1 saturated heterocycles. The Morgan fingerprint density at radius 2 is 1.77 bits per heavy atom. The third-order valence-electron chi connectivity index (χ3n) is 4.29. The van der Waals surface area contributed by atoms with Gasteiger partial charge in [0, 0.05) is 18.8 Å². The Balaban J connectivity index is 2.68. The highest BCUT2D eigenvalue weighted by atomic mass is 32.1. The molecule has 0 saturated carbocycles. The third kappa shape index (κ3) is 3.15. The van der Waals surface area contributed by atoms with Crippen LogP contribution in [-0.2, 0) is 4.74 Å². The summed E-state index contributed by atoms with van der Waals surface area (Å²) in [6, 6.07) is 4.06. The smallest absolute Gasteiger partial charge is 0.192 e. The highest BCUT2D eigenvalue weighted by Gasteiger charge is 2.37. The van der Waals surface area contributed by atoms with E-state index in [1.807, 2.05) is 12.1 Å². The van der Waals surface area contributed by atoms with Crippen LogP contribution in [0, 0.1) is 28.1 Å². The minimum absolute atomic E-state index is 0.000931. The molecule has 0 atom stereocenters. The number of likely N-dealkylation sites (tertiary alicyclic amines) is 1. The van der Waals surface area contributed by atoms with Crippen molar-refractivity contribution in [2.45, 2.75) is 39.5 Å². The van der Waals surface area contributed by atoms with Gasteiger partial charge in [0.1, 0.15) is 17.7 Å². The highest BCUT2D eigenvalue weighted by Crippen LogP contribution is 2.45. The molecular weight excluding hydrogens is 294 g/mol. The number of nitrogens with zero attached hydrogens (tertiary/aromatic N) is 3. The normalized spacial score (nSPS) is 20.4. The van der Waals surface area contributed by atoms with Gasteiger partial charge in [-0.3, -0.25) is 0 Å². The summed E-state index contributed by atoms with van der Waals surface area (Å²) in [4.78, 5) is 2.34. The Hall–Kier alpha value is -1.85. The molecule has 0 aromatic carbocycles. The molecule has 0 aromatic heterocycles. The Morgan fingerprint density at radius 3 is 2.27 bits per heavy atom. The zero-order valence-electron chi connectivity index (χ0n) is 13.4. The fourth-order valence-corrected chi connectivity index (χ4v) is 3.56. The van der Waals surface area contributed by atoms with Crippen LogP contribution in [0.2, 0.25) is 0 Å². The molecule has 2 aliphatic rings. The molecule has 1 aliphatic heterocycles. The highest BCUT2D eigenvalue weighted by molar-refractivity contribution is 7.80. The largest absolute Gasteiger partial charge is 0.486 e. The lowest BCUT2D eigenvalue weighted by Crippen LogP contribution is -2.32. The molecule has 5 heteroatoms. The van der Waals surface area contributed by atoms with Crippen LogP contribution >= 0.6 is 12.2 Å². The summed E-state index contributed by atoms with van der Waals surface area (Å²) in [5.74, 6) is 0. The summed E-state index contributed by atoms with van der Waals surface area (Å²) in [6.07, 6.45) is 3.89. The number of rotatable bonds is 2. The fourth-order valence-electron chi connectivity index (χ4n) is 3.32. The number of allylic oxidation sites excluding steroid dienone is 2. The molecule has 0 bridgehead atoms. The predicted molar refractivity (Wildman–Crippen MR) is 88.7 cm³/mol. The average molecular weight is 315 g/mol. The SMILES string of the molecule is COC(=S)C1=C(N2CCCC2)CC(C)(C)CC1=C(C#N)C#N. The van der Waals surface area contributed by atoms with E-state index in [0.29, 0.717) is 11.5 Å². The van der Waals surface area contributed by atoms with Gasteiger partial charge in [-0.15, -0.1) is 0 Å². The van der Waals surface area contributed by atoms with Crippen molar-refractivity contribution in [2.24, 2.45) is 5.41 Å². The molecule has 116 valence electrons. The Kier molecular flexibility index (Phi) is 4.88. The summed E-state index contributed by atoms with van der Waals surface area (Å²) < 4.78 is 5.31. The van der Waals surface area contributed by atoms with Crippen LogP contribution in [0.1, 0.15) is 39.5 Å². The second kappa shape index (κ2) is 6.50. The molecule has 0 spiro atoms. The van der Waals surface area contributed by atoms with Crippen molar-refractivity contribution in [3.63, 3.8) is 0 Å². The van der Waals surface area contributed by atoms with Crippen LogP contribution < -0.4 is 0 Å². The van der Waals surface area contributed by atoms with Gasteiger partial charge in [-0.2, -0.15) is 10.5 Å². The van der Waals surface area contributed by atoms with Crippen molar-refractivity contribution in [1.29, 1.82) is 10.5 Å². The van der Waals surface area contributed by atoms with Gasteiger partial charge in [-0.05, 0) is 48.9 Å². The van der Waals surface area contributed by atoms with Gasteiger partial charge in [-0.25, -0.2) is 0 Å². The zero-order valence-corrected chi connectivity index (χ0v) is 14.2. The minimum atomic E-state index is -0.000931. The van der Waals surface area contributed by atoms with Crippen LogP contribution in [0.15, 0.2) is 22.4 Å². The van der Waals surface area contributed by atoms with Crippen LogP contribution in [0.5, 0.6) is 0 Å². The summed E-state index contributed by atoms with van der Waals surface area (Å²) in [7, 11) is 1.55. The first-order valence-electron chi connectivity index (χ1n) is 7.53. The molecule has 1 fully saturated rings. The number of methoxy groups -OCH3 is 1. The zero-order chi connectivity index (χ0) is 16.3. The van der Waals surface area contributed by atoms with E-state index in [-0.39, 0.29) is 11.0 Å². The van der Waals surface area contributed by atoms with Crippen molar-refractivity contribution in [3.05, 3.63) is 22.4 Å².